The molecule has 1 amide bonds. The summed E-state index contributed by atoms with van der Waals surface area (Å²) in [6, 6.07) is 3.46. The predicted molar refractivity (Wildman–Crippen MR) is 75.7 cm³/mol. The van der Waals surface area contributed by atoms with Gasteiger partial charge in [0.1, 0.15) is 5.78 Å². The summed E-state index contributed by atoms with van der Waals surface area (Å²) in [4.78, 5) is 25.1. The maximum absolute atomic E-state index is 11.6. The first-order valence-corrected chi connectivity index (χ1v) is 6.99. The van der Waals surface area contributed by atoms with Crippen LogP contribution in [0.1, 0.15) is 37.2 Å². The van der Waals surface area contributed by atoms with Crippen molar-refractivity contribution in [1.29, 1.82) is 0 Å². The van der Waals surface area contributed by atoms with Crippen molar-refractivity contribution in [3.8, 4) is 0 Å². The molecular weight excluding hydrogens is 256 g/mol. The number of carbonyl (C=O) groups excluding carboxylic acids is 2. The van der Waals surface area contributed by atoms with Gasteiger partial charge in [0, 0.05) is 25.6 Å². The zero-order chi connectivity index (χ0) is 14.5. The zero-order valence-electron chi connectivity index (χ0n) is 11.9. The van der Waals surface area contributed by atoms with Crippen LogP contribution in [0.2, 0.25) is 0 Å². The molecule has 2 heterocycles. The Labute approximate surface area is 118 Å². The van der Waals surface area contributed by atoms with Crippen LogP contribution in [-0.4, -0.2) is 41.5 Å². The highest BCUT2D eigenvalue weighted by atomic mass is 16.2. The van der Waals surface area contributed by atoms with Gasteiger partial charge in [0.25, 0.3) is 5.91 Å². The second-order valence-electron chi connectivity index (χ2n) is 5.03. The van der Waals surface area contributed by atoms with Crippen LogP contribution in [0.5, 0.6) is 0 Å². The van der Waals surface area contributed by atoms with Gasteiger partial charge in [-0.1, -0.05) is 0 Å². The van der Waals surface area contributed by atoms with Crippen molar-refractivity contribution < 1.29 is 9.59 Å². The van der Waals surface area contributed by atoms with Crippen molar-refractivity contribution in [3.63, 3.8) is 0 Å². The molecule has 20 heavy (non-hydrogen) atoms. The second-order valence-corrected chi connectivity index (χ2v) is 5.03. The summed E-state index contributed by atoms with van der Waals surface area (Å²) in [5.74, 6) is 0.811. The molecule has 0 radical (unpaired) electrons. The van der Waals surface area contributed by atoms with E-state index in [2.05, 4.69) is 20.4 Å². The summed E-state index contributed by atoms with van der Waals surface area (Å²) in [6.07, 6.45) is 1.92. The summed E-state index contributed by atoms with van der Waals surface area (Å²) in [5.41, 5.74) is 0.315. The van der Waals surface area contributed by atoms with E-state index in [4.69, 9.17) is 0 Å². The maximum atomic E-state index is 11.6. The molecule has 1 atom stereocenters. The highest BCUT2D eigenvalue weighted by Crippen LogP contribution is 2.21. The van der Waals surface area contributed by atoms with Crippen molar-refractivity contribution in [2.24, 2.45) is 5.92 Å². The van der Waals surface area contributed by atoms with Crippen molar-refractivity contribution in [3.05, 3.63) is 17.8 Å². The Balaban J connectivity index is 2.06. The van der Waals surface area contributed by atoms with Crippen LogP contribution in [0.15, 0.2) is 12.1 Å². The molecule has 1 aliphatic heterocycles. The summed E-state index contributed by atoms with van der Waals surface area (Å²) >= 11 is 0. The van der Waals surface area contributed by atoms with Crippen LogP contribution >= 0.6 is 0 Å². The third-order valence-electron chi connectivity index (χ3n) is 3.54. The van der Waals surface area contributed by atoms with Crippen molar-refractivity contribution in [2.45, 2.75) is 26.7 Å². The average Bonchev–Trinajstić information content (AvgIpc) is 2.48. The van der Waals surface area contributed by atoms with Crippen molar-refractivity contribution in [2.75, 3.05) is 24.5 Å². The first-order chi connectivity index (χ1) is 9.61. The molecule has 0 bridgehead atoms. The van der Waals surface area contributed by atoms with Gasteiger partial charge in [0.2, 0.25) is 0 Å². The minimum atomic E-state index is -0.216. The first-order valence-electron chi connectivity index (χ1n) is 6.99. The molecule has 1 aromatic heterocycles. The summed E-state index contributed by atoms with van der Waals surface area (Å²) in [5, 5.41) is 10.7. The number of hydrogen-bond donors (Lipinski definition) is 1. The standard InChI is InChI=1S/C14H20N4O2/c1-3-15-14(20)12-6-7-13(17-16-12)18-8-4-5-11(9-18)10(2)19/h6-7,11H,3-5,8-9H2,1-2H3,(H,15,20). The highest BCUT2D eigenvalue weighted by Gasteiger charge is 2.24. The molecule has 0 aliphatic carbocycles. The molecule has 1 aromatic rings. The molecule has 6 nitrogen and oxygen atoms in total. The Morgan fingerprint density at radius 3 is 2.80 bits per heavy atom. The topological polar surface area (TPSA) is 75.2 Å². The van der Waals surface area contributed by atoms with Gasteiger partial charge in [-0.05, 0) is 38.8 Å². The number of anilines is 1. The summed E-state index contributed by atoms with van der Waals surface area (Å²) < 4.78 is 0. The normalized spacial score (nSPS) is 18.7. The molecular formula is C14H20N4O2. The fraction of sp³-hybridized carbons (Fsp3) is 0.571. The Kier molecular flexibility index (Phi) is 4.65. The fourth-order valence-corrected chi connectivity index (χ4v) is 2.38. The molecule has 1 saturated heterocycles. The molecule has 1 N–H and O–H groups in total. The quantitative estimate of drug-likeness (QED) is 0.889. The molecule has 6 heteroatoms. The van der Waals surface area contributed by atoms with Gasteiger partial charge >= 0.3 is 0 Å². The maximum Gasteiger partial charge on any atom is 0.271 e. The van der Waals surface area contributed by atoms with E-state index in [0.29, 0.717) is 18.8 Å². The fourth-order valence-electron chi connectivity index (χ4n) is 2.38. The van der Waals surface area contributed by atoms with Crippen LogP contribution in [0.3, 0.4) is 0 Å². The first kappa shape index (κ1) is 14.4. The van der Waals surface area contributed by atoms with Crippen LogP contribution in [0, 0.1) is 5.92 Å². The number of aromatic nitrogens is 2. The SMILES string of the molecule is CCNC(=O)c1ccc(N2CCCC(C(C)=O)C2)nn1. The van der Waals surface area contributed by atoms with E-state index >= 15 is 0 Å². The smallest absolute Gasteiger partial charge is 0.271 e. The molecule has 0 saturated carbocycles. The molecule has 108 valence electrons. The number of ketones is 1. The molecule has 0 aromatic carbocycles. The van der Waals surface area contributed by atoms with E-state index in [0.717, 1.165) is 25.2 Å². The predicted octanol–water partition coefficient (Wildman–Crippen LogP) is 1.03. The molecule has 0 spiro atoms. The van der Waals surface area contributed by atoms with E-state index in [9.17, 15) is 9.59 Å². The largest absolute Gasteiger partial charge is 0.354 e. The van der Waals surface area contributed by atoms with Gasteiger partial charge in [-0.2, -0.15) is 0 Å². The average molecular weight is 276 g/mol. The van der Waals surface area contributed by atoms with Crippen LogP contribution < -0.4 is 10.2 Å². The van der Waals surface area contributed by atoms with Gasteiger partial charge in [-0.25, -0.2) is 0 Å². The molecule has 1 fully saturated rings. The van der Waals surface area contributed by atoms with E-state index in [-0.39, 0.29) is 17.6 Å². The molecule has 1 aliphatic rings. The minimum absolute atomic E-state index is 0.0774. The number of hydrogen-bond acceptors (Lipinski definition) is 5. The Morgan fingerprint density at radius 1 is 1.40 bits per heavy atom. The van der Waals surface area contributed by atoms with Gasteiger partial charge in [0.15, 0.2) is 11.5 Å². The lowest BCUT2D eigenvalue weighted by Gasteiger charge is -2.32. The monoisotopic (exact) mass is 276 g/mol. The second kappa shape index (κ2) is 6.45. The lowest BCUT2D eigenvalue weighted by atomic mass is 9.95. The van der Waals surface area contributed by atoms with Crippen molar-refractivity contribution in [1.82, 2.24) is 15.5 Å². The van der Waals surface area contributed by atoms with E-state index in [1.807, 2.05) is 6.92 Å². The lowest BCUT2D eigenvalue weighted by molar-refractivity contribution is -0.120. The van der Waals surface area contributed by atoms with E-state index in [1.54, 1.807) is 19.1 Å². The molecule has 1 unspecified atom stereocenters. The minimum Gasteiger partial charge on any atom is -0.354 e. The van der Waals surface area contributed by atoms with E-state index < -0.39 is 0 Å². The Hall–Kier alpha value is -1.98. The Bertz CT molecular complexity index is 486. The number of carbonyl (C=O) groups is 2. The Morgan fingerprint density at radius 2 is 2.20 bits per heavy atom. The van der Waals surface area contributed by atoms with Crippen LogP contribution in [-0.2, 0) is 4.79 Å². The van der Waals surface area contributed by atoms with Crippen LogP contribution in [0.25, 0.3) is 0 Å². The zero-order valence-corrected chi connectivity index (χ0v) is 11.9. The lowest BCUT2D eigenvalue weighted by Crippen LogP contribution is -2.38. The van der Waals surface area contributed by atoms with Gasteiger partial charge in [-0.15, -0.1) is 10.2 Å². The van der Waals surface area contributed by atoms with E-state index in [1.165, 1.54) is 0 Å². The van der Waals surface area contributed by atoms with Crippen LogP contribution in [0.4, 0.5) is 5.82 Å². The highest BCUT2D eigenvalue weighted by molar-refractivity contribution is 5.92. The third kappa shape index (κ3) is 3.31. The third-order valence-corrected chi connectivity index (χ3v) is 3.54. The number of Topliss-reactive ketones (excluding diaryl/α,β-unsaturated/α-hetero) is 1. The number of nitrogens with one attached hydrogen (secondary N) is 1. The number of amides is 1. The van der Waals surface area contributed by atoms with Crippen molar-refractivity contribution >= 4 is 17.5 Å². The van der Waals surface area contributed by atoms with Gasteiger partial charge < -0.3 is 10.2 Å². The summed E-state index contributed by atoms with van der Waals surface area (Å²) in [7, 11) is 0. The van der Waals surface area contributed by atoms with Gasteiger partial charge in [0.05, 0.1) is 0 Å². The number of rotatable bonds is 4. The molecule has 2 rings (SSSR count). The summed E-state index contributed by atoms with van der Waals surface area (Å²) in [6.45, 7) is 5.62. The number of nitrogens with zero attached hydrogens (tertiary/aromatic N) is 3. The van der Waals surface area contributed by atoms with Gasteiger partial charge in [-0.3, -0.25) is 9.59 Å². The number of piperidine rings is 1.